The van der Waals surface area contributed by atoms with Crippen molar-refractivity contribution in [2.24, 2.45) is 0 Å². The third-order valence-corrected chi connectivity index (χ3v) is 3.23. The van der Waals surface area contributed by atoms with Crippen molar-refractivity contribution in [3.63, 3.8) is 0 Å². The Kier molecular flexibility index (Phi) is 2.06. The fraction of sp³-hybridized carbons (Fsp3) is 0.385. The summed E-state index contributed by atoms with van der Waals surface area (Å²) < 4.78 is 2.13. The molecule has 2 aromatic rings. The predicted molar refractivity (Wildman–Crippen MR) is 63.3 cm³/mol. The van der Waals surface area contributed by atoms with Gasteiger partial charge in [0, 0.05) is 17.9 Å². The number of aryl methyl sites for hydroxylation is 2. The molecular formula is C13H15N3. The first kappa shape index (κ1) is 9.58. The predicted octanol–water partition coefficient (Wildman–Crippen LogP) is 2.51. The summed E-state index contributed by atoms with van der Waals surface area (Å²) in [5.41, 5.74) is 5.79. The van der Waals surface area contributed by atoms with Gasteiger partial charge in [0.2, 0.25) is 0 Å². The molecule has 1 aliphatic rings. The van der Waals surface area contributed by atoms with Crippen molar-refractivity contribution in [2.45, 2.75) is 33.2 Å². The molecule has 2 aromatic heterocycles. The summed E-state index contributed by atoms with van der Waals surface area (Å²) in [4.78, 5) is 4.54. The van der Waals surface area contributed by atoms with Crippen molar-refractivity contribution < 1.29 is 0 Å². The van der Waals surface area contributed by atoms with Crippen LogP contribution in [0.4, 0.5) is 0 Å². The summed E-state index contributed by atoms with van der Waals surface area (Å²) in [6.07, 6.45) is 2.38. The number of pyridine rings is 1. The fourth-order valence-corrected chi connectivity index (χ4v) is 2.40. The molecule has 0 unspecified atom stereocenters. The zero-order valence-corrected chi connectivity index (χ0v) is 9.70. The van der Waals surface area contributed by atoms with E-state index in [9.17, 15) is 0 Å². The van der Waals surface area contributed by atoms with Gasteiger partial charge in [-0.1, -0.05) is 6.07 Å². The minimum atomic E-state index is 0.999. The van der Waals surface area contributed by atoms with Crippen LogP contribution in [0.2, 0.25) is 0 Å². The van der Waals surface area contributed by atoms with Crippen molar-refractivity contribution in [3.8, 4) is 11.4 Å². The van der Waals surface area contributed by atoms with E-state index >= 15 is 0 Å². The van der Waals surface area contributed by atoms with Crippen LogP contribution in [0.3, 0.4) is 0 Å². The van der Waals surface area contributed by atoms with Crippen molar-refractivity contribution in [1.29, 1.82) is 0 Å². The molecule has 0 spiro atoms. The molecular weight excluding hydrogens is 198 g/mol. The Bertz CT molecular complexity index is 540. The first-order valence-electron chi connectivity index (χ1n) is 5.76. The highest BCUT2D eigenvalue weighted by atomic mass is 15.3. The lowest BCUT2D eigenvalue weighted by Gasteiger charge is -2.00. The van der Waals surface area contributed by atoms with Crippen LogP contribution in [0, 0.1) is 13.8 Å². The Hall–Kier alpha value is -1.64. The lowest BCUT2D eigenvalue weighted by atomic mass is 10.1. The third kappa shape index (κ3) is 1.35. The van der Waals surface area contributed by atoms with E-state index in [4.69, 9.17) is 0 Å². The van der Waals surface area contributed by atoms with Crippen LogP contribution in [-0.4, -0.2) is 14.8 Å². The molecule has 0 N–H and O–H groups in total. The molecule has 3 heteroatoms. The van der Waals surface area contributed by atoms with E-state index in [2.05, 4.69) is 21.7 Å². The smallest absolute Gasteiger partial charge is 0.114 e. The minimum Gasteiger partial charge on any atom is -0.269 e. The first-order chi connectivity index (χ1) is 7.75. The van der Waals surface area contributed by atoms with E-state index in [1.807, 2.05) is 25.1 Å². The number of nitrogens with zero attached hydrogens (tertiary/aromatic N) is 3. The van der Waals surface area contributed by atoms with E-state index in [0.29, 0.717) is 0 Å². The highest BCUT2D eigenvalue weighted by Gasteiger charge is 2.19. The van der Waals surface area contributed by atoms with Gasteiger partial charge in [-0.2, -0.15) is 5.10 Å². The molecule has 3 rings (SSSR count). The molecule has 0 fully saturated rings. The Morgan fingerprint density at radius 3 is 2.88 bits per heavy atom. The molecule has 0 bridgehead atoms. The van der Waals surface area contributed by atoms with Crippen LogP contribution >= 0.6 is 0 Å². The van der Waals surface area contributed by atoms with Gasteiger partial charge in [0.25, 0.3) is 0 Å². The van der Waals surface area contributed by atoms with E-state index < -0.39 is 0 Å². The standard InChI is InChI=1S/C13H15N3/c1-9-5-3-6-11(14-9)13-10(2)12-7-4-8-16(12)15-13/h3,5-6H,4,7-8H2,1-2H3. The van der Waals surface area contributed by atoms with Crippen LogP contribution in [0.5, 0.6) is 0 Å². The van der Waals surface area contributed by atoms with Crippen molar-refractivity contribution in [1.82, 2.24) is 14.8 Å². The average molecular weight is 213 g/mol. The lowest BCUT2D eigenvalue weighted by Crippen LogP contribution is -1.95. The van der Waals surface area contributed by atoms with Crippen molar-refractivity contribution in [3.05, 3.63) is 35.2 Å². The zero-order valence-electron chi connectivity index (χ0n) is 9.70. The molecule has 0 amide bonds. The van der Waals surface area contributed by atoms with Crippen LogP contribution in [0.25, 0.3) is 11.4 Å². The molecule has 0 saturated heterocycles. The summed E-state index contributed by atoms with van der Waals surface area (Å²) in [6.45, 7) is 5.23. The monoisotopic (exact) mass is 213 g/mol. The maximum atomic E-state index is 4.66. The quantitative estimate of drug-likeness (QED) is 0.728. The molecule has 82 valence electrons. The second kappa shape index (κ2) is 3.44. The number of hydrogen-bond donors (Lipinski definition) is 0. The maximum absolute atomic E-state index is 4.66. The highest BCUT2D eigenvalue weighted by molar-refractivity contribution is 5.60. The van der Waals surface area contributed by atoms with Gasteiger partial charge < -0.3 is 0 Å². The van der Waals surface area contributed by atoms with Gasteiger partial charge in [-0.25, -0.2) is 0 Å². The maximum Gasteiger partial charge on any atom is 0.114 e. The minimum absolute atomic E-state index is 0.999. The van der Waals surface area contributed by atoms with Crippen LogP contribution < -0.4 is 0 Å². The molecule has 3 nitrogen and oxygen atoms in total. The second-order valence-corrected chi connectivity index (χ2v) is 4.41. The Morgan fingerprint density at radius 1 is 1.25 bits per heavy atom. The van der Waals surface area contributed by atoms with Gasteiger partial charge in [-0.15, -0.1) is 0 Å². The third-order valence-electron chi connectivity index (χ3n) is 3.23. The number of rotatable bonds is 1. The Balaban J connectivity index is 2.14. The second-order valence-electron chi connectivity index (χ2n) is 4.41. The highest BCUT2D eigenvalue weighted by Crippen LogP contribution is 2.27. The van der Waals surface area contributed by atoms with Gasteiger partial charge >= 0.3 is 0 Å². The molecule has 0 aliphatic carbocycles. The van der Waals surface area contributed by atoms with Gasteiger partial charge in [-0.3, -0.25) is 9.67 Å². The topological polar surface area (TPSA) is 30.7 Å². The largest absolute Gasteiger partial charge is 0.269 e. The zero-order chi connectivity index (χ0) is 11.1. The summed E-state index contributed by atoms with van der Waals surface area (Å²) >= 11 is 0. The fourth-order valence-electron chi connectivity index (χ4n) is 2.40. The van der Waals surface area contributed by atoms with E-state index in [1.54, 1.807) is 0 Å². The molecule has 16 heavy (non-hydrogen) atoms. The normalized spacial score (nSPS) is 14.1. The molecule has 3 heterocycles. The average Bonchev–Trinajstić information content (AvgIpc) is 2.82. The van der Waals surface area contributed by atoms with Crippen LogP contribution in [0.1, 0.15) is 23.4 Å². The Morgan fingerprint density at radius 2 is 2.12 bits per heavy atom. The van der Waals surface area contributed by atoms with Gasteiger partial charge in [0.15, 0.2) is 0 Å². The number of aromatic nitrogens is 3. The summed E-state index contributed by atoms with van der Waals surface area (Å²) in [5, 5.41) is 4.66. The van der Waals surface area contributed by atoms with Gasteiger partial charge in [0.05, 0.1) is 5.69 Å². The van der Waals surface area contributed by atoms with Crippen molar-refractivity contribution in [2.75, 3.05) is 0 Å². The summed E-state index contributed by atoms with van der Waals surface area (Å²) in [5.74, 6) is 0. The number of hydrogen-bond acceptors (Lipinski definition) is 2. The van der Waals surface area contributed by atoms with E-state index in [-0.39, 0.29) is 0 Å². The van der Waals surface area contributed by atoms with Crippen LogP contribution in [-0.2, 0) is 13.0 Å². The number of fused-ring (bicyclic) bond motifs is 1. The molecule has 0 atom stereocenters. The first-order valence-corrected chi connectivity index (χ1v) is 5.76. The van der Waals surface area contributed by atoms with Gasteiger partial charge in [-0.05, 0) is 44.4 Å². The lowest BCUT2D eigenvalue weighted by molar-refractivity contribution is 0.658. The summed E-state index contributed by atoms with van der Waals surface area (Å²) in [7, 11) is 0. The molecule has 0 saturated carbocycles. The molecule has 1 aliphatic heterocycles. The SMILES string of the molecule is Cc1cccc(-c2nn3c(c2C)CCC3)n1. The van der Waals surface area contributed by atoms with E-state index in [1.165, 1.54) is 17.7 Å². The summed E-state index contributed by atoms with van der Waals surface area (Å²) in [6, 6.07) is 6.10. The van der Waals surface area contributed by atoms with Crippen LogP contribution in [0.15, 0.2) is 18.2 Å². The van der Waals surface area contributed by atoms with Gasteiger partial charge in [0.1, 0.15) is 5.69 Å². The Labute approximate surface area is 95.1 Å². The molecule has 0 aromatic carbocycles. The molecule has 0 radical (unpaired) electrons. The van der Waals surface area contributed by atoms with E-state index in [0.717, 1.165) is 30.0 Å². The van der Waals surface area contributed by atoms with Crippen molar-refractivity contribution >= 4 is 0 Å².